The number of carbonyl (C=O) groups excluding carboxylic acids is 1. The lowest BCUT2D eigenvalue weighted by Crippen LogP contribution is -2.16. The van der Waals surface area contributed by atoms with Crippen LogP contribution in [0.1, 0.15) is 16.7 Å². The molecule has 0 aliphatic rings. The summed E-state index contributed by atoms with van der Waals surface area (Å²) in [4.78, 5) is 10.7. The fourth-order valence-corrected chi connectivity index (χ4v) is 1.10. The molecule has 15 heavy (non-hydrogen) atoms. The number of amides is 1. The molecule has 1 N–H and O–H groups in total. The van der Waals surface area contributed by atoms with E-state index >= 15 is 0 Å². The summed E-state index contributed by atoms with van der Waals surface area (Å²) in [5.41, 5.74) is 5.47. The van der Waals surface area contributed by atoms with Gasteiger partial charge in [0.15, 0.2) is 0 Å². The lowest BCUT2D eigenvalue weighted by molar-refractivity contribution is 0.171. The van der Waals surface area contributed by atoms with Gasteiger partial charge in [0.1, 0.15) is 0 Å². The second kappa shape index (κ2) is 5.14. The highest BCUT2D eigenvalue weighted by atomic mass is 16.5. The van der Waals surface area contributed by atoms with Crippen LogP contribution in [0.5, 0.6) is 0 Å². The van der Waals surface area contributed by atoms with Crippen LogP contribution in [-0.4, -0.2) is 19.4 Å². The van der Waals surface area contributed by atoms with E-state index in [-0.39, 0.29) is 0 Å². The first-order valence-electron chi connectivity index (χ1n) is 4.58. The van der Waals surface area contributed by atoms with Crippen molar-refractivity contribution in [3.63, 3.8) is 0 Å². The minimum atomic E-state index is -0.573. The average Bonchev–Trinajstić information content (AvgIpc) is 2.23. The first-order chi connectivity index (χ1) is 7.13. The van der Waals surface area contributed by atoms with Gasteiger partial charge in [0.2, 0.25) is 0 Å². The van der Waals surface area contributed by atoms with Gasteiger partial charge >= 0.3 is 6.09 Å². The largest absolute Gasteiger partial charge is 0.452 e. The highest BCUT2D eigenvalue weighted by Crippen LogP contribution is 2.07. The Labute approximate surface area is 88.9 Å². The van der Waals surface area contributed by atoms with Crippen LogP contribution in [0, 0.1) is 13.8 Å². The van der Waals surface area contributed by atoms with Crippen molar-refractivity contribution in [1.29, 1.82) is 0 Å². The maximum Gasteiger partial charge on any atom is 0.427 e. The summed E-state index contributed by atoms with van der Waals surface area (Å²) < 4.78 is 4.38. The Bertz CT molecular complexity index is 386. The first-order valence-corrected chi connectivity index (χ1v) is 4.58. The molecule has 0 aliphatic heterocycles. The van der Waals surface area contributed by atoms with Crippen LogP contribution in [0.25, 0.3) is 0 Å². The van der Waals surface area contributed by atoms with Crippen molar-refractivity contribution in [2.45, 2.75) is 13.8 Å². The Kier molecular flexibility index (Phi) is 3.85. The third-order valence-corrected chi connectivity index (χ3v) is 1.98. The molecular formula is C11H14N2O2. The smallest absolute Gasteiger partial charge is 0.427 e. The van der Waals surface area contributed by atoms with Gasteiger partial charge in [-0.25, -0.2) is 10.2 Å². The molecular weight excluding hydrogens is 192 g/mol. The number of rotatable bonds is 2. The van der Waals surface area contributed by atoms with Gasteiger partial charge in [-0.1, -0.05) is 23.8 Å². The molecule has 0 heterocycles. The number of nitrogens with one attached hydrogen (secondary N) is 1. The first kappa shape index (κ1) is 11.2. The predicted molar refractivity (Wildman–Crippen MR) is 59.1 cm³/mol. The van der Waals surface area contributed by atoms with Gasteiger partial charge in [-0.2, -0.15) is 5.10 Å². The summed E-state index contributed by atoms with van der Waals surface area (Å²) in [6, 6.07) is 6.03. The normalized spacial score (nSPS) is 10.3. The molecule has 4 nitrogen and oxygen atoms in total. The number of hydrogen-bond acceptors (Lipinski definition) is 3. The van der Waals surface area contributed by atoms with Crippen LogP contribution >= 0.6 is 0 Å². The second-order valence-electron chi connectivity index (χ2n) is 3.22. The Morgan fingerprint density at radius 1 is 1.47 bits per heavy atom. The van der Waals surface area contributed by atoms with E-state index in [0.29, 0.717) is 0 Å². The maximum absolute atomic E-state index is 10.7. The highest BCUT2D eigenvalue weighted by Gasteiger charge is 1.96. The van der Waals surface area contributed by atoms with Crippen molar-refractivity contribution in [2.24, 2.45) is 5.10 Å². The summed E-state index contributed by atoms with van der Waals surface area (Å²) >= 11 is 0. The van der Waals surface area contributed by atoms with Gasteiger partial charge in [-0.3, -0.25) is 0 Å². The molecule has 1 amide bonds. The number of hydrazone groups is 1. The topological polar surface area (TPSA) is 50.7 Å². The lowest BCUT2D eigenvalue weighted by Gasteiger charge is -2.01. The summed E-state index contributed by atoms with van der Waals surface area (Å²) in [5.74, 6) is 0. The van der Waals surface area contributed by atoms with E-state index < -0.39 is 6.09 Å². The number of aryl methyl sites for hydroxylation is 2. The van der Waals surface area contributed by atoms with Crippen molar-refractivity contribution < 1.29 is 9.53 Å². The molecule has 1 rings (SSSR count). The van der Waals surface area contributed by atoms with Gasteiger partial charge in [-0.15, -0.1) is 0 Å². The van der Waals surface area contributed by atoms with Crippen molar-refractivity contribution in [1.82, 2.24) is 5.43 Å². The predicted octanol–water partition coefficient (Wildman–Crippen LogP) is 1.99. The molecule has 0 fully saturated rings. The van der Waals surface area contributed by atoms with Crippen LogP contribution in [0.2, 0.25) is 0 Å². The van der Waals surface area contributed by atoms with E-state index in [2.05, 4.69) is 15.3 Å². The summed E-state index contributed by atoms with van der Waals surface area (Å²) in [6.07, 6.45) is 1.02. The minimum absolute atomic E-state index is 0.573. The third-order valence-electron chi connectivity index (χ3n) is 1.98. The summed E-state index contributed by atoms with van der Waals surface area (Å²) in [6.45, 7) is 3.99. The summed E-state index contributed by atoms with van der Waals surface area (Å²) in [5, 5.41) is 3.76. The van der Waals surface area contributed by atoms with Crippen molar-refractivity contribution in [3.05, 3.63) is 34.9 Å². The van der Waals surface area contributed by atoms with Crippen LogP contribution in [0.15, 0.2) is 23.3 Å². The zero-order chi connectivity index (χ0) is 11.3. The molecule has 0 atom stereocenters. The third kappa shape index (κ3) is 3.42. The molecule has 0 aromatic heterocycles. The Balaban J connectivity index is 2.71. The number of methoxy groups -OCH3 is 1. The monoisotopic (exact) mass is 206 g/mol. The van der Waals surface area contributed by atoms with Crippen LogP contribution < -0.4 is 5.43 Å². The standard InChI is InChI=1S/C11H14N2O2/c1-8-4-5-9(2)10(6-8)7-12-13-11(14)15-3/h4-7H,1-3H3,(H,13,14)/b12-7-. The maximum atomic E-state index is 10.7. The molecule has 0 saturated carbocycles. The molecule has 0 spiro atoms. The molecule has 0 bridgehead atoms. The van der Waals surface area contributed by atoms with Crippen LogP contribution in [-0.2, 0) is 4.74 Å². The summed E-state index contributed by atoms with van der Waals surface area (Å²) in [7, 11) is 1.29. The average molecular weight is 206 g/mol. The zero-order valence-electron chi connectivity index (χ0n) is 9.07. The van der Waals surface area contributed by atoms with E-state index in [0.717, 1.165) is 16.7 Å². The number of benzene rings is 1. The Morgan fingerprint density at radius 3 is 2.87 bits per heavy atom. The zero-order valence-corrected chi connectivity index (χ0v) is 9.07. The molecule has 1 aromatic carbocycles. The second-order valence-corrected chi connectivity index (χ2v) is 3.22. The SMILES string of the molecule is COC(=O)N/N=C\c1cc(C)ccc1C. The van der Waals surface area contributed by atoms with E-state index in [1.54, 1.807) is 6.21 Å². The van der Waals surface area contributed by atoms with Crippen LogP contribution in [0.4, 0.5) is 4.79 Å². The van der Waals surface area contributed by atoms with Gasteiger partial charge in [0, 0.05) is 0 Å². The minimum Gasteiger partial charge on any atom is -0.452 e. The fourth-order valence-electron chi connectivity index (χ4n) is 1.10. The van der Waals surface area contributed by atoms with E-state index in [9.17, 15) is 4.79 Å². The highest BCUT2D eigenvalue weighted by molar-refractivity contribution is 5.82. The van der Waals surface area contributed by atoms with Gasteiger partial charge < -0.3 is 4.74 Å². The van der Waals surface area contributed by atoms with E-state index in [1.807, 2.05) is 32.0 Å². The Hall–Kier alpha value is -1.84. The van der Waals surface area contributed by atoms with E-state index in [4.69, 9.17) is 0 Å². The number of carbonyl (C=O) groups is 1. The van der Waals surface area contributed by atoms with Crippen molar-refractivity contribution in [2.75, 3.05) is 7.11 Å². The lowest BCUT2D eigenvalue weighted by atomic mass is 10.1. The van der Waals surface area contributed by atoms with Gasteiger partial charge in [-0.05, 0) is 25.0 Å². The van der Waals surface area contributed by atoms with Gasteiger partial charge in [0.05, 0.1) is 13.3 Å². The molecule has 1 aromatic rings. The molecule has 0 radical (unpaired) electrons. The van der Waals surface area contributed by atoms with E-state index in [1.165, 1.54) is 7.11 Å². The number of ether oxygens (including phenoxy) is 1. The van der Waals surface area contributed by atoms with Crippen molar-refractivity contribution >= 4 is 12.3 Å². The van der Waals surface area contributed by atoms with Gasteiger partial charge in [0.25, 0.3) is 0 Å². The van der Waals surface area contributed by atoms with Crippen LogP contribution in [0.3, 0.4) is 0 Å². The molecule has 80 valence electrons. The molecule has 0 unspecified atom stereocenters. The Morgan fingerprint density at radius 2 is 2.20 bits per heavy atom. The quantitative estimate of drug-likeness (QED) is 0.594. The van der Waals surface area contributed by atoms with Crippen molar-refractivity contribution in [3.8, 4) is 0 Å². The number of nitrogens with zero attached hydrogens (tertiary/aromatic N) is 1. The molecule has 4 heteroatoms. The molecule has 0 aliphatic carbocycles. The number of hydrogen-bond donors (Lipinski definition) is 1. The fraction of sp³-hybridized carbons (Fsp3) is 0.273. The molecule has 0 saturated heterocycles.